The molecule has 0 aromatic carbocycles. The summed E-state index contributed by atoms with van der Waals surface area (Å²) < 4.78 is 65.3. The quantitative estimate of drug-likeness (QED) is 0.456. The zero-order chi connectivity index (χ0) is 16.9. The normalized spacial score (nSPS) is 15.9. The van der Waals surface area contributed by atoms with Gasteiger partial charge in [0.2, 0.25) is 0 Å². The largest absolute Gasteiger partial charge is 1.00 e. The number of aromatic nitrogens is 2. The lowest BCUT2D eigenvalue weighted by Crippen LogP contribution is -3.00. The van der Waals surface area contributed by atoms with Gasteiger partial charge in [0.25, 0.3) is 0 Å². The minimum absolute atomic E-state index is 0. The maximum absolute atomic E-state index is 7.99. The molecule has 0 aliphatic rings. The van der Waals surface area contributed by atoms with Gasteiger partial charge in [-0.25, -0.2) is 9.13 Å². The number of halogens is 2. The number of rotatable bonds is 1. The molecule has 0 unspecified atom stereocenters. The second-order valence-electron chi connectivity index (χ2n) is 2.82. The predicted octanol–water partition coefficient (Wildman–Crippen LogP) is -4.99. The third-order valence-corrected chi connectivity index (χ3v) is 1.64. The molecule has 2 nitrogen and oxygen atoms in total. The van der Waals surface area contributed by atoms with Crippen molar-refractivity contribution in [2.24, 2.45) is 14.1 Å². The SMILES string of the molecule is [2H]c1c(-c2c([2H])c([2H])[n+](C)c([2H])c2[2H])c([2H])c([2H])[n+](C)c1[2H].[Cl-].[Cl-]. The van der Waals surface area contributed by atoms with Crippen LogP contribution in [-0.2, 0) is 14.1 Å². The summed E-state index contributed by atoms with van der Waals surface area (Å²) in [6.45, 7) is 0. The molecule has 2 rings (SSSR count). The summed E-state index contributed by atoms with van der Waals surface area (Å²) in [5.41, 5.74) is -0.462. The minimum Gasteiger partial charge on any atom is -1.00 e. The molecule has 4 heteroatoms. The van der Waals surface area contributed by atoms with E-state index in [1.165, 1.54) is 14.1 Å². The highest BCUT2D eigenvalue weighted by atomic mass is 35.5. The average molecular weight is 265 g/mol. The van der Waals surface area contributed by atoms with Crippen molar-refractivity contribution in [3.8, 4) is 11.1 Å². The van der Waals surface area contributed by atoms with Gasteiger partial charge in [0.05, 0.1) is 5.48 Å². The summed E-state index contributed by atoms with van der Waals surface area (Å²) in [7, 11) is 2.76. The maximum Gasteiger partial charge on any atom is 0.169 e. The van der Waals surface area contributed by atoms with Crippen LogP contribution < -0.4 is 33.9 Å². The van der Waals surface area contributed by atoms with Crippen LogP contribution in [0.15, 0.2) is 48.9 Å². The maximum atomic E-state index is 7.99. The van der Waals surface area contributed by atoms with E-state index in [9.17, 15) is 0 Å². The average Bonchev–Trinajstić information content (AvgIpc) is 2.50. The summed E-state index contributed by atoms with van der Waals surface area (Å²) in [5, 5.41) is 0. The Morgan fingerprint density at radius 2 is 1.00 bits per heavy atom. The van der Waals surface area contributed by atoms with Crippen molar-refractivity contribution >= 4 is 0 Å². The van der Waals surface area contributed by atoms with Crippen LogP contribution >= 0.6 is 0 Å². The number of nitrogens with zero attached hydrogens (tertiary/aromatic N) is 2. The van der Waals surface area contributed by atoms with Crippen LogP contribution in [0.1, 0.15) is 11.0 Å². The van der Waals surface area contributed by atoms with Gasteiger partial charge in [0.15, 0.2) is 24.7 Å². The molecule has 0 aliphatic heterocycles. The van der Waals surface area contributed by atoms with Crippen molar-refractivity contribution in [1.29, 1.82) is 0 Å². The fraction of sp³-hybridized carbons (Fsp3) is 0.167. The topological polar surface area (TPSA) is 7.76 Å². The smallest absolute Gasteiger partial charge is 0.169 e. The first-order valence-electron chi connectivity index (χ1n) is 8.04. The Kier molecular flexibility index (Phi) is 2.42. The zero-order valence-electron chi connectivity index (χ0n) is 16.7. The fourth-order valence-electron chi connectivity index (χ4n) is 0.927. The lowest BCUT2D eigenvalue weighted by molar-refractivity contribution is -0.671. The van der Waals surface area contributed by atoms with Gasteiger partial charge in [0.1, 0.15) is 19.6 Å². The van der Waals surface area contributed by atoms with Crippen molar-refractivity contribution in [1.82, 2.24) is 0 Å². The zero-order valence-corrected chi connectivity index (χ0v) is 10.2. The molecular formula is C12H14Cl2N2. The molecular weight excluding hydrogens is 243 g/mol. The standard InChI is InChI=1S/C12H14N2.2ClH/c1-13-7-3-11(4-8-13)12-5-9-14(2)10-6-12;;/h3-10H,1-2H3;2*1H/q+2;;/p-2/i3D,4D,5D,6D,7D,8D,9D,10D;;. The highest BCUT2D eigenvalue weighted by Crippen LogP contribution is 2.14. The van der Waals surface area contributed by atoms with Gasteiger partial charge in [-0.15, -0.1) is 0 Å². The summed E-state index contributed by atoms with van der Waals surface area (Å²) in [4.78, 5) is 0. The van der Waals surface area contributed by atoms with Gasteiger partial charge in [-0.05, 0) is 11.1 Å². The van der Waals surface area contributed by atoms with Crippen molar-refractivity contribution in [3.05, 3.63) is 48.9 Å². The second-order valence-corrected chi connectivity index (χ2v) is 2.82. The number of hydrogen-bond acceptors (Lipinski definition) is 0. The third kappa shape index (κ3) is 3.47. The van der Waals surface area contributed by atoms with Gasteiger partial charge in [-0.1, -0.05) is 0 Å². The Labute approximate surface area is 120 Å². The molecule has 0 amide bonds. The minimum atomic E-state index is -0.404. The number of pyridine rings is 2. The molecule has 86 valence electrons. The molecule has 0 bridgehead atoms. The first-order valence-corrected chi connectivity index (χ1v) is 4.04. The molecule has 0 aliphatic carbocycles. The van der Waals surface area contributed by atoms with E-state index in [0.29, 0.717) is 0 Å². The van der Waals surface area contributed by atoms with E-state index in [0.717, 1.165) is 9.13 Å². The van der Waals surface area contributed by atoms with Crippen molar-refractivity contribution < 1.29 is 44.9 Å². The fourth-order valence-corrected chi connectivity index (χ4v) is 0.927. The van der Waals surface area contributed by atoms with Gasteiger partial charge in [0, 0.05) is 24.2 Å². The Bertz CT molecular complexity index is 687. The molecule has 2 aromatic heterocycles. The van der Waals surface area contributed by atoms with E-state index in [-0.39, 0.29) is 60.6 Å². The van der Waals surface area contributed by atoms with Crippen LogP contribution in [0, 0.1) is 0 Å². The first-order chi connectivity index (χ1) is 10.1. The van der Waals surface area contributed by atoms with Crippen LogP contribution in [0.4, 0.5) is 0 Å². The molecule has 0 fully saturated rings. The van der Waals surface area contributed by atoms with Gasteiger partial charge in [-0.3, -0.25) is 0 Å². The lowest BCUT2D eigenvalue weighted by atomic mass is 10.1. The molecule has 16 heavy (non-hydrogen) atoms. The summed E-state index contributed by atoms with van der Waals surface area (Å²) in [5.74, 6) is 0. The van der Waals surface area contributed by atoms with Crippen molar-refractivity contribution in [2.75, 3.05) is 0 Å². The molecule has 0 atom stereocenters. The number of hydrogen-bond donors (Lipinski definition) is 0. The predicted molar refractivity (Wildman–Crippen MR) is 54.2 cm³/mol. The van der Waals surface area contributed by atoms with E-state index in [1.54, 1.807) is 0 Å². The second kappa shape index (κ2) is 6.46. The van der Waals surface area contributed by atoms with Crippen LogP contribution in [0.5, 0.6) is 0 Å². The molecule has 2 aromatic rings. The van der Waals surface area contributed by atoms with Gasteiger partial charge >= 0.3 is 0 Å². The van der Waals surface area contributed by atoms with Crippen LogP contribution in [0.3, 0.4) is 0 Å². The van der Waals surface area contributed by atoms with Gasteiger partial charge < -0.3 is 24.8 Å². The van der Waals surface area contributed by atoms with E-state index in [4.69, 9.17) is 11.0 Å². The van der Waals surface area contributed by atoms with Crippen LogP contribution in [0.25, 0.3) is 11.1 Å². The van der Waals surface area contributed by atoms with Crippen LogP contribution in [-0.4, -0.2) is 0 Å². The monoisotopic (exact) mass is 264 g/mol. The van der Waals surface area contributed by atoms with Crippen molar-refractivity contribution in [3.63, 3.8) is 0 Å². The van der Waals surface area contributed by atoms with E-state index < -0.39 is 24.2 Å². The van der Waals surface area contributed by atoms with Crippen LogP contribution in [0.2, 0.25) is 0 Å². The Balaban J connectivity index is 0.00000264. The highest BCUT2D eigenvalue weighted by molar-refractivity contribution is 5.60. The Morgan fingerprint density at radius 3 is 1.25 bits per heavy atom. The first kappa shape index (κ1) is 5.99. The molecule has 0 saturated heterocycles. The Morgan fingerprint density at radius 1 is 0.750 bits per heavy atom. The molecule has 0 N–H and O–H groups in total. The van der Waals surface area contributed by atoms with E-state index in [1.807, 2.05) is 0 Å². The van der Waals surface area contributed by atoms with E-state index in [2.05, 4.69) is 0 Å². The van der Waals surface area contributed by atoms with Crippen molar-refractivity contribution in [2.45, 2.75) is 0 Å². The Hall–Kier alpha value is -1.12. The third-order valence-electron chi connectivity index (χ3n) is 1.64. The molecule has 0 saturated carbocycles. The lowest BCUT2D eigenvalue weighted by Gasteiger charge is -1.97. The molecule has 2 heterocycles. The summed E-state index contributed by atoms with van der Waals surface area (Å²) in [6, 6.07) is -1.62. The van der Waals surface area contributed by atoms with Gasteiger partial charge in [-0.2, -0.15) is 0 Å². The summed E-state index contributed by atoms with van der Waals surface area (Å²) in [6.07, 6.45) is -1.33. The molecule has 0 spiro atoms. The highest BCUT2D eigenvalue weighted by Gasteiger charge is 2.00. The summed E-state index contributed by atoms with van der Waals surface area (Å²) >= 11 is 0. The van der Waals surface area contributed by atoms with E-state index >= 15 is 0 Å². The molecule has 0 radical (unpaired) electrons.